The molecule has 0 spiro atoms. The Morgan fingerprint density at radius 1 is 1.05 bits per heavy atom. The third-order valence-electron chi connectivity index (χ3n) is 6.83. The summed E-state index contributed by atoms with van der Waals surface area (Å²) in [6.07, 6.45) is 3.11. The van der Waals surface area contributed by atoms with Gasteiger partial charge in [-0.15, -0.1) is 11.8 Å². The molecule has 3 aliphatic heterocycles. The fraction of sp³-hybridized carbons (Fsp3) is 0.370. The minimum absolute atomic E-state index is 0.0549. The van der Waals surface area contributed by atoms with Gasteiger partial charge in [0.05, 0.1) is 10.6 Å². The number of amides is 2. The van der Waals surface area contributed by atoms with Crippen molar-refractivity contribution in [2.45, 2.75) is 37.3 Å². The van der Waals surface area contributed by atoms with E-state index in [9.17, 15) is 24.5 Å². The predicted molar refractivity (Wildman–Crippen MR) is 142 cm³/mol. The van der Waals surface area contributed by atoms with Crippen LogP contribution in [0.1, 0.15) is 24.8 Å². The average molecular weight is 553 g/mol. The molecule has 1 N–H and O–H groups in total. The molecule has 12 heteroatoms. The van der Waals surface area contributed by atoms with E-state index in [4.69, 9.17) is 9.47 Å². The first-order valence-electron chi connectivity index (χ1n) is 12.7. The van der Waals surface area contributed by atoms with Gasteiger partial charge in [-0.1, -0.05) is 18.2 Å². The Morgan fingerprint density at radius 2 is 1.77 bits per heavy atom. The number of ether oxygens (including phenoxy) is 2. The van der Waals surface area contributed by atoms with Crippen LogP contribution in [-0.4, -0.2) is 69.4 Å². The summed E-state index contributed by atoms with van der Waals surface area (Å²) in [6, 6.07) is 13.9. The molecule has 0 aromatic heterocycles. The largest absolute Gasteiger partial charge is 0.484 e. The average Bonchev–Trinajstić information content (AvgIpc) is 2.98. The fourth-order valence-electron chi connectivity index (χ4n) is 4.81. The second-order valence-electron chi connectivity index (χ2n) is 9.40. The molecule has 2 aromatic rings. The number of piperidine rings is 1. The monoisotopic (exact) mass is 552 g/mol. The number of esters is 1. The highest BCUT2D eigenvalue weighted by Gasteiger charge is 2.55. The number of β-lactam (4-membered cyclic amide) rings is 1. The molecule has 0 saturated carbocycles. The number of thioether (sulfide) groups is 1. The maximum atomic E-state index is 13.4. The van der Waals surface area contributed by atoms with Gasteiger partial charge in [0, 0.05) is 31.0 Å². The Labute approximate surface area is 229 Å². The first kappa shape index (κ1) is 26.5. The molecule has 5 rings (SSSR count). The molecule has 3 aliphatic rings. The van der Waals surface area contributed by atoms with E-state index in [-0.39, 0.29) is 30.5 Å². The van der Waals surface area contributed by atoms with Crippen LogP contribution in [0.3, 0.4) is 0 Å². The van der Waals surface area contributed by atoms with Crippen molar-refractivity contribution in [1.29, 1.82) is 0 Å². The summed E-state index contributed by atoms with van der Waals surface area (Å²) in [5, 5.41) is 13.2. The van der Waals surface area contributed by atoms with Crippen LogP contribution in [0.4, 0.5) is 5.69 Å². The molecule has 0 radical (unpaired) electrons. The summed E-state index contributed by atoms with van der Waals surface area (Å²) in [6.45, 7) is 1.26. The van der Waals surface area contributed by atoms with E-state index in [0.29, 0.717) is 17.1 Å². The summed E-state index contributed by atoms with van der Waals surface area (Å²) >= 11 is 1.50. The Balaban J connectivity index is 1.28. The Hall–Kier alpha value is -4.06. The summed E-state index contributed by atoms with van der Waals surface area (Å²) in [4.78, 5) is 53.2. The maximum Gasteiger partial charge on any atom is 0.357 e. The van der Waals surface area contributed by atoms with Gasteiger partial charge in [0.15, 0.2) is 12.3 Å². The van der Waals surface area contributed by atoms with Crippen LogP contribution in [0.2, 0.25) is 0 Å². The molecule has 1 unspecified atom stereocenters. The molecule has 204 valence electrons. The third kappa shape index (κ3) is 5.85. The van der Waals surface area contributed by atoms with Crippen LogP contribution in [0, 0.1) is 10.1 Å². The number of non-ortho nitro benzene ring substituents is 1. The molecule has 39 heavy (non-hydrogen) atoms. The lowest BCUT2D eigenvalue weighted by Crippen LogP contribution is -2.71. The molecule has 11 nitrogen and oxygen atoms in total. The summed E-state index contributed by atoms with van der Waals surface area (Å²) < 4.78 is 11.1. The van der Waals surface area contributed by atoms with E-state index in [1.165, 1.54) is 40.9 Å². The van der Waals surface area contributed by atoms with Crippen molar-refractivity contribution in [2.75, 3.05) is 25.4 Å². The molecule has 3 heterocycles. The Morgan fingerprint density at radius 3 is 2.46 bits per heavy atom. The second kappa shape index (κ2) is 11.8. The SMILES string of the molecule is O=C(COc1ccccc1)NC1C(=O)N2C(C(=O)OCc3ccc([N+](=O)[O-])cc3)=C(N3CCCCC3)CS[C@@H]12. The van der Waals surface area contributed by atoms with Gasteiger partial charge in [-0.25, -0.2) is 4.79 Å². The van der Waals surface area contributed by atoms with E-state index in [1.807, 2.05) is 6.07 Å². The number of carbonyl (C=O) groups is 3. The number of carbonyl (C=O) groups excluding carboxylic acids is 3. The molecule has 2 aromatic carbocycles. The van der Waals surface area contributed by atoms with Gasteiger partial charge in [0.25, 0.3) is 17.5 Å². The smallest absolute Gasteiger partial charge is 0.357 e. The predicted octanol–water partition coefficient (Wildman–Crippen LogP) is 2.81. The van der Waals surface area contributed by atoms with Crippen molar-refractivity contribution < 1.29 is 28.8 Å². The number of rotatable bonds is 9. The molecule has 0 aliphatic carbocycles. The highest BCUT2D eigenvalue weighted by Crippen LogP contribution is 2.42. The summed E-state index contributed by atoms with van der Waals surface area (Å²) in [5.74, 6) is -0.385. The highest BCUT2D eigenvalue weighted by molar-refractivity contribution is 8.00. The van der Waals surface area contributed by atoms with Gasteiger partial charge >= 0.3 is 5.97 Å². The van der Waals surface area contributed by atoms with Crippen molar-refractivity contribution >= 4 is 35.2 Å². The quantitative estimate of drug-likeness (QED) is 0.216. The van der Waals surface area contributed by atoms with E-state index in [0.717, 1.165) is 38.0 Å². The van der Waals surface area contributed by atoms with E-state index in [2.05, 4.69) is 10.2 Å². The second-order valence-corrected chi connectivity index (χ2v) is 10.5. The van der Waals surface area contributed by atoms with E-state index < -0.39 is 28.2 Å². The van der Waals surface area contributed by atoms with E-state index >= 15 is 0 Å². The molecule has 0 bridgehead atoms. The zero-order valence-electron chi connectivity index (χ0n) is 21.1. The first-order chi connectivity index (χ1) is 18.9. The van der Waals surface area contributed by atoms with Gasteiger partial charge in [-0.05, 0) is 49.1 Å². The minimum Gasteiger partial charge on any atom is -0.484 e. The van der Waals surface area contributed by atoms with Gasteiger partial charge in [0.1, 0.15) is 23.8 Å². The number of likely N-dealkylation sites (tertiary alicyclic amines) is 1. The standard InChI is InChI=1S/C27H28N4O7S/c32-22(16-37-20-7-3-1-4-8-20)28-23-25(33)30-24(21(17-39-26(23)30)29-13-5-2-6-14-29)27(34)38-15-18-9-11-19(12-10-18)31(35)36/h1,3-4,7-12,23,26H,2,5-6,13-17H2,(H,28,32)/t23?,26-/m0/s1. The normalized spacial score (nSPS) is 20.6. The number of nitro benzene ring substituents is 1. The van der Waals surface area contributed by atoms with E-state index in [1.54, 1.807) is 24.3 Å². The van der Waals surface area contributed by atoms with Gasteiger partial charge < -0.3 is 19.7 Å². The third-order valence-corrected chi connectivity index (χ3v) is 8.09. The van der Waals surface area contributed by atoms with Gasteiger partial charge in [-0.2, -0.15) is 0 Å². The van der Waals surface area contributed by atoms with Crippen LogP contribution in [0.5, 0.6) is 5.75 Å². The molecular weight excluding hydrogens is 524 g/mol. The van der Waals surface area contributed by atoms with Crippen molar-refractivity contribution in [3.05, 3.63) is 81.7 Å². The lowest BCUT2D eigenvalue weighted by atomic mass is 10.0. The van der Waals surface area contributed by atoms with Crippen LogP contribution >= 0.6 is 11.8 Å². The number of nitrogens with zero attached hydrogens (tertiary/aromatic N) is 3. The number of hydrogen-bond acceptors (Lipinski definition) is 9. The van der Waals surface area contributed by atoms with Crippen molar-refractivity contribution in [3.8, 4) is 5.75 Å². The number of benzene rings is 2. The van der Waals surface area contributed by atoms with Crippen LogP contribution in [0.25, 0.3) is 0 Å². The van der Waals surface area contributed by atoms with Crippen LogP contribution < -0.4 is 10.1 Å². The van der Waals surface area contributed by atoms with Crippen LogP contribution in [-0.2, 0) is 25.7 Å². The Kier molecular flexibility index (Phi) is 8.01. The Bertz CT molecular complexity index is 1280. The topological polar surface area (TPSA) is 131 Å². The highest BCUT2D eigenvalue weighted by atomic mass is 32.2. The summed E-state index contributed by atoms with van der Waals surface area (Å²) in [7, 11) is 0. The van der Waals surface area contributed by atoms with Gasteiger partial charge in [-0.3, -0.25) is 24.6 Å². The maximum absolute atomic E-state index is 13.4. The number of nitro groups is 1. The molecule has 2 fully saturated rings. The van der Waals surface area contributed by atoms with Gasteiger partial charge in [0.2, 0.25) is 0 Å². The summed E-state index contributed by atoms with van der Waals surface area (Å²) in [5.41, 5.74) is 1.50. The molecular formula is C27H28N4O7S. The van der Waals surface area contributed by atoms with Crippen molar-refractivity contribution in [2.24, 2.45) is 0 Å². The zero-order valence-corrected chi connectivity index (χ0v) is 21.9. The number of nitrogens with one attached hydrogen (secondary N) is 1. The molecule has 2 amide bonds. The zero-order chi connectivity index (χ0) is 27.4. The minimum atomic E-state index is -0.776. The lowest BCUT2D eigenvalue weighted by Gasteiger charge is -2.51. The van der Waals surface area contributed by atoms with Crippen molar-refractivity contribution in [3.63, 3.8) is 0 Å². The lowest BCUT2D eigenvalue weighted by molar-refractivity contribution is -0.384. The molecule has 2 saturated heterocycles. The fourth-order valence-corrected chi connectivity index (χ4v) is 6.19. The van der Waals surface area contributed by atoms with Crippen LogP contribution in [0.15, 0.2) is 66.0 Å². The molecule has 2 atom stereocenters. The van der Waals surface area contributed by atoms with Crippen molar-refractivity contribution in [1.82, 2.24) is 15.1 Å². The number of hydrogen-bond donors (Lipinski definition) is 1. The first-order valence-corrected chi connectivity index (χ1v) is 13.8. The number of para-hydroxylation sites is 1. The number of fused-ring (bicyclic) bond motifs is 1.